The molecule has 1 aromatic heterocycles. The highest BCUT2D eigenvalue weighted by atomic mass is 35.5. The highest BCUT2D eigenvalue weighted by Crippen LogP contribution is 2.31. The molecule has 0 fully saturated rings. The Morgan fingerprint density at radius 3 is 2.17 bits per heavy atom. The normalized spacial score (nSPS) is 12.1. The quantitative estimate of drug-likeness (QED) is 0.529. The van der Waals surface area contributed by atoms with E-state index in [9.17, 15) is 13.2 Å². The summed E-state index contributed by atoms with van der Waals surface area (Å²) in [5.74, 6) is 0. The predicted octanol–water partition coefficient (Wildman–Crippen LogP) is 6.06. The fourth-order valence-corrected chi connectivity index (χ4v) is 2.78. The van der Waals surface area contributed by atoms with Crippen LogP contribution in [-0.2, 0) is 12.7 Å². The van der Waals surface area contributed by atoms with Gasteiger partial charge >= 0.3 is 6.18 Å². The van der Waals surface area contributed by atoms with Gasteiger partial charge < -0.3 is 4.57 Å². The van der Waals surface area contributed by atoms with Crippen LogP contribution in [0.4, 0.5) is 13.2 Å². The molecule has 120 valence electrons. The molecule has 0 unspecified atom stereocenters. The molecule has 8 heteroatoms. The molecular formula is C15H8Cl3F3N2. The molecule has 3 rings (SSSR count). The van der Waals surface area contributed by atoms with Gasteiger partial charge in [-0.15, -0.1) is 0 Å². The first kappa shape index (κ1) is 16.4. The first-order valence-corrected chi connectivity index (χ1v) is 7.56. The number of halogens is 6. The maximum atomic E-state index is 12.6. The molecule has 0 bridgehead atoms. The van der Waals surface area contributed by atoms with Crippen molar-refractivity contribution in [2.45, 2.75) is 12.7 Å². The molecule has 0 spiro atoms. The summed E-state index contributed by atoms with van der Waals surface area (Å²) in [6, 6.07) is 8.10. The smallest absolute Gasteiger partial charge is 0.310 e. The van der Waals surface area contributed by atoms with Crippen molar-refractivity contribution >= 4 is 45.8 Å². The standard InChI is InChI=1S/C15H8Cl3F3N2/c16-10-5-12-13(6-11(10)17)23(14(18)22-12)7-8-1-3-9(4-2-8)15(19,20)21/h1-6H,7H2. The number of hydrogen-bond donors (Lipinski definition) is 0. The zero-order valence-electron chi connectivity index (χ0n) is 11.3. The van der Waals surface area contributed by atoms with Crippen molar-refractivity contribution in [2.24, 2.45) is 0 Å². The monoisotopic (exact) mass is 378 g/mol. The van der Waals surface area contributed by atoms with Crippen LogP contribution in [0.1, 0.15) is 11.1 Å². The maximum absolute atomic E-state index is 12.6. The van der Waals surface area contributed by atoms with Gasteiger partial charge in [-0.2, -0.15) is 13.2 Å². The summed E-state index contributed by atoms with van der Waals surface area (Å²) >= 11 is 18.1. The Labute approximate surface area is 144 Å². The molecule has 0 saturated carbocycles. The maximum Gasteiger partial charge on any atom is 0.416 e. The van der Waals surface area contributed by atoms with Gasteiger partial charge in [0.25, 0.3) is 0 Å². The van der Waals surface area contributed by atoms with Crippen LogP contribution in [0.25, 0.3) is 11.0 Å². The number of fused-ring (bicyclic) bond motifs is 1. The van der Waals surface area contributed by atoms with Crippen LogP contribution < -0.4 is 0 Å². The van der Waals surface area contributed by atoms with E-state index in [0.717, 1.165) is 12.1 Å². The number of hydrogen-bond acceptors (Lipinski definition) is 1. The topological polar surface area (TPSA) is 17.8 Å². The van der Waals surface area contributed by atoms with E-state index in [1.165, 1.54) is 12.1 Å². The van der Waals surface area contributed by atoms with Gasteiger partial charge in [-0.3, -0.25) is 0 Å². The summed E-state index contributed by atoms with van der Waals surface area (Å²) in [7, 11) is 0. The third-order valence-corrected chi connectivity index (χ3v) is 4.38. The number of rotatable bonds is 2. The molecule has 0 saturated heterocycles. The van der Waals surface area contributed by atoms with Crippen LogP contribution in [0.2, 0.25) is 15.3 Å². The van der Waals surface area contributed by atoms with Crippen molar-refractivity contribution < 1.29 is 13.2 Å². The number of nitrogens with zero attached hydrogens (tertiary/aromatic N) is 2. The zero-order valence-corrected chi connectivity index (χ0v) is 13.6. The molecule has 0 aliphatic carbocycles. The van der Waals surface area contributed by atoms with Crippen molar-refractivity contribution in [3.05, 3.63) is 62.9 Å². The number of imidazole rings is 1. The van der Waals surface area contributed by atoms with E-state index in [4.69, 9.17) is 34.8 Å². The van der Waals surface area contributed by atoms with Crippen molar-refractivity contribution in [3.63, 3.8) is 0 Å². The Hall–Kier alpha value is -1.43. The fraction of sp³-hybridized carbons (Fsp3) is 0.133. The molecule has 0 N–H and O–H groups in total. The fourth-order valence-electron chi connectivity index (χ4n) is 2.22. The van der Waals surface area contributed by atoms with E-state index in [0.29, 0.717) is 26.6 Å². The Bertz CT molecular complexity index is 870. The Morgan fingerprint density at radius 2 is 1.57 bits per heavy atom. The molecule has 2 nitrogen and oxygen atoms in total. The molecule has 0 aliphatic heterocycles. The van der Waals surface area contributed by atoms with E-state index >= 15 is 0 Å². The summed E-state index contributed by atoms with van der Waals surface area (Å²) in [4.78, 5) is 4.17. The number of benzene rings is 2. The number of aromatic nitrogens is 2. The molecular weight excluding hydrogens is 372 g/mol. The minimum absolute atomic E-state index is 0.207. The van der Waals surface area contributed by atoms with E-state index in [2.05, 4.69) is 4.98 Å². The largest absolute Gasteiger partial charge is 0.416 e. The lowest BCUT2D eigenvalue weighted by Crippen LogP contribution is -2.05. The highest BCUT2D eigenvalue weighted by molar-refractivity contribution is 6.42. The van der Waals surface area contributed by atoms with E-state index < -0.39 is 11.7 Å². The molecule has 0 amide bonds. The molecule has 2 aromatic carbocycles. The van der Waals surface area contributed by atoms with Crippen molar-refractivity contribution in [1.82, 2.24) is 9.55 Å². The lowest BCUT2D eigenvalue weighted by molar-refractivity contribution is -0.137. The molecule has 1 heterocycles. The lowest BCUT2D eigenvalue weighted by Gasteiger charge is -2.09. The van der Waals surface area contributed by atoms with Crippen LogP contribution in [0.5, 0.6) is 0 Å². The van der Waals surface area contributed by atoms with Crippen molar-refractivity contribution in [2.75, 3.05) is 0 Å². The third kappa shape index (κ3) is 3.27. The van der Waals surface area contributed by atoms with Crippen molar-refractivity contribution in [3.8, 4) is 0 Å². The van der Waals surface area contributed by atoms with Crippen LogP contribution in [0, 0.1) is 0 Å². The van der Waals surface area contributed by atoms with Gasteiger partial charge in [0.05, 0.1) is 33.2 Å². The summed E-state index contributed by atoms with van der Waals surface area (Å²) in [5.41, 5.74) is 1.18. The summed E-state index contributed by atoms with van der Waals surface area (Å²) in [6.07, 6.45) is -4.36. The number of alkyl halides is 3. The van der Waals surface area contributed by atoms with Gasteiger partial charge in [0.1, 0.15) is 0 Å². The SMILES string of the molecule is FC(F)(F)c1ccc(Cn2c(Cl)nc3cc(Cl)c(Cl)cc32)cc1. The molecule has 23 heavy (non-hydrogen) atoms. The van der Waals surface area contributed by atoms with Gasteiger partial charge in [-0.25, -0.2) is 4.98 Å². The second-order valence-corrected chi connectivity index (χ2v) is 6.07. The minimum Gasteiger partial charge on any atom is -0.310 e. The molecule has 0 atom stereocenters. The molecule has 0 aliphatic rings. The van der Waals surface area contributed by atoms with Crippen LogP contribution >= 0.6 is 34.8 Å². The second kappa shape index (κ2) is 5.89. The zero-order chi connectivity index (χ0) is 16.8. The Morgan fingerprint density at radius 1 is 0.957 bits per heavy atom. The summed E-state index contributed by atoms with van der Waals surface area (Å²) < 4.78 is 39.4. The third-order valence-electron chi connectivity index (χ3n) is 3.37. The first-order chi connectivity index (χ1) is 10.8. The summed E-state index contributed by atoms with van der Waals surface area (Å²) in [6.45, 7) is 0.269. The van der Waals surface area contributed by atoms with E-state index in [1.54, 1.807) is 16.7 Å². The Kier molecular flexibility index (Phi) is 4.21. The van der Waals surface area contributed by atoms with Crippen LogP contribution in [0.3, 0.4) is 0 Å². The van der Waals surface area contributed by atoms with Crippen LogP contribution in [-0.4, -0.2) is 9.55 Å². The van der Waals surface area contributed by atoms with Gasteiger partial charge in [0.2, 0.25) is 5.28 Å². The van der Waals surface area contributed by atoms with Crippen molar-refractivity contribution in [1.29, 1.82) is 0 Å². The van der Waals surface area contributed by atoms with Crippen LogP contribution in [0.15, 0.2) is 36.4 Å². The Balaban J connectivity index is 1.98. The second-order valence-electron chi connectivity index (χ2n) is 4.92. The average Bonchev–Trinajstić information content (AvgIpc) is 2.75. The lowest BCUT2D eigenvalue weighted by atomic mass is 10.1. The predicted molar refractivity (Wildman–Crippen MR) is 85.3 cm³/mol. The first-order valence-electron chi connectivity index (χ1n) is 6.42. The highest BCUT2D eigenvalue weighted by Gasteiger charge is 2.29. The van der Waals surface area contributed by atoms with E-state index in [1.807, 2.05) is 0 Å². The minimum atomic E-state index is -4.36. The van der Waals surface area contributed by atoms with Gasteiger partial charge in [-0.05, 0) is 41.4 Å². The van der Waals surface area contributed by atoms with Gasteiger partial charge in [0.15, 0.2) is 0 Å². The molecule has 0 radical (unpaired) electrons. The van der Waals surface area contributed by atoms with Gasteiger partial charge in [-0.1, -0.05) is 35.3 Å². The van der Waals surface area contributed by atoms with E-state index in [-0.39, 0.29) is 11.8 Å². The molecule has 3 aromatic rings. The van der Waals surface area contributed by atoms with Gasteiger partial charge in [0, 0.05) is 0 Å². The summed E-state index contributed by atoms with van der Waals surface area (Å²) in [5, 5.41) is 0.914. The average molecular weight is 380 g/mol.